The summed E-state index contributed by atoms with van der Waals surface area (Å²) in [6, 6.07) is 8.47. The third-order valence-corrected chi connectivity index (χ3v) is 2.80. The van der Waals surface area contributed by atoms with Gasteiger partial charge in [-0.15, -0.1) is 0 Å². The molecule has 0 bridgehead atoms. The number of nitrogens with zero attached hydrogens (tertiary/aromatic N) is 2. The predicted octanol–water partition coefficient (Wildman–Crippen LogP) is 0.312. The van der Waals surface area contributed by atoms with Crippen LogP contribution in [0.15, 0.2) is 24.3 Å². The molecule has 14 heavy (non-hydrogen) atoms. The molecular weight excluding hydrogens is 174 g/mol. The summed E-state index contributed by atoms with van der Waals surface area (Å²) in [6.07, 6.45) is 0. The minimum absolute atomic E-state index is 1.09. The van der Waals surface area contributed by atoms with E-state index in [0.29, 0.717) is 0 Å². The van der Waals surface area contributed by atoms with Crippen LogP contribution in [0.1, 0.15) is 0 Å². The molecule has 1 heterocycles. The number of hydrogen-bond donors (Lipinski definition) is 1. The topological polar surface area (TPSA) is 34.1 Å². The van der Waals surface area contributed by atoms with Crippen molar-refractivity contribution in [1.29, 1.82) is 0 Å². The van der Waals surface area contributed by atoms with Crippen LogP contribution < -0.4 is 10.6 Å². The van der Waals surface area contributed by atoms with Crippen molar-refractivity contribution < 1.29 is 5.73 Å². The molecule has 0 aliphatic carbocycles. The molecule has 3 heteroatoms. The van der Waals surface area contributed by atoms with Crippen LogP contribution in [0.4, 0.5) is 11.4 Å². The van der Waals surface area contributed by atoms with Gasteiger partial charge in [0, 0.05) is 44.0 Å². The van der Waals surface area contributed by atoms with Crippen LogP contribution in [0.25, 0.3) is 0 Å². The smallest absolute Gasteiger partial charge is 0.128 e. The first-order chi connectivity index (χ1) is 6.75. The molecule has 1 fully saturated rings. The summed E-state index contributed by atoms with van der Waals surface area (Å²) < 4.78 is 0. The second-order valence-corrected chi connectivity index (χ2v) is 3.96. The maximum Gasteiger partial charge on any atom is 0.128 e. The largest absolute Gasteiger partial charge is 0.369 e. The van der Waals surface area contributed by atoms with Crippen LogP contribution >= 0.6 is 0 Å². The quantitative estimate of drug-likeness (QED) is 0.695. The van der Waals surface area contributed by atoms with E-state index in [1.54, 1.807) is 0 Å². The molecule has 0 spiro atoms. The van der Waals surface area contributed by atoms with Crippen molar-refractivity contribution in [3.63, 3.8) is 0 Å². The fraction of sp³-hybridized carbons (Fsp3) is 0.455. The molecule has 2 rings (SSSR count). The third kappa shape index (κ3) is 2.05. The first-order valence-electron chi connectivity index (χ1n) is 5.11. The zero-order valence-electron chi connectivity index (χ0n) is 8.74. The molecule has 3 nitrogen and oxygen atoms in total. The van der Waals surface area contributed by atoms with E-state index in [-0.39, 0.29) is 0 Å². The molecule has 0 amide bonds. The Kier molecular flexibility index (Phi) is 2.70. The van der Waals surface area contributed by atoms with E-state index < -0.39 is 0 Å². The molecule has 0 unspecified atom stereocenters. The second kappa shape index (κ2) is 3.98. The summed E-state index contributed by atoms with van der Waals surface area (Å²) in [5.41, 5.74) is 6.30. The summed E-state index contributed by atoms with van der Waals surface area (Å²) in [7, 11) is 2.18. The van der Waals surface area contributed by atoms with E-state index in [1.807, 2.05) is 0 Å². The monoisotopic (exact) mass is 192 g/mol. The Morgan fingerprint density at radius 3 is 2.14 bits per heavy atom. The maximum atomic E-state index is 3.89. The standard InChI is InChI=1S/C11H17N3/c1-13-6-8-14(9-7-13)11-4-2-10(12)3-5-11/h2-5H,6-9,12H2,1H3/p+1. The zero-order chi connectivity index (χ0) is 9.97. The Morgan fingerprint density at radius 2 is 1.57 bits per heavy atom. The molecule has 1 aromatic carbocycles. The summed E-state index contributed by atoms with van der Waals surface area (Å²) >= 11 is 0. The van der Waals surface area contributed by atoms with Gasteiger partial charge >= 0.3 is 0 Å². The minimum Gasteiger partial charge on any atom is -0.369 e. The van der Waals surface area contributed by atoms with Gasteiger partial charge in [0.1, 0.15) is 5.69 Å². The van der Waals surface area contributed by atoms with Crippen molar-refractivity contribution in [3.05, 3.63) is 24.3 Å². The number of anilines is 1. The molecular formula is C11H18N3+. The van der Waals surface area contributed by atoms with Crippen LogP contribution in [0.5, 0.6) is 0 Å². The number of benzene rings is 1. The molecule has 0 atom stereocenters. The number of piperazine rings is 1. The van der Waals surface area contributed by atoms with E-state index in [9.17, 15) is 0 Å². The molecule has 0 aromatic heterocycles. The molecule has 0 radical (unpaired) electrons. The van der Waals surface area contributed by atoms with E-state index in [4.69, 9.17) is 0 Å². The Bertz CT molecular complexity index is 286. The summed E-state index contributed by atoms with van der Waals surface area (Å²) in [4.78, 5) is 4.80. The van der Waals surface area contributed by atoms with Crippen LogP contribution in [0.3, 0.4) is 0 Å². The second-order valence-electron chi connectivity index (χ2n) is 3.96. The number of quaternary nitrogens is 1. The van der Waals surface area contributed by atoms with Crippen LogP contribution in [-0.2, 0) is 0 Å². The minimum atomic E-state index is 1.09. The van der Waals surface area contributed by atoms with Crippen LogP contribution in [0, 0.1) is 0 Å². The van der Waals surface area contributed by atoms with Crippen molar-refractivity contribution in [3.8, 4) is 0 Å². The van der Waals surface area contributed by atoms with Gasteiger partial charge in [-0.1, -0.05) is 0 Å². The Morgan fingerprint density at radius 1 is 1.00 bits per heavy atom. The van der Waals surface area contributed by atoms with E-state index >= 15 is 0 Å². The van der Waals surface area contributed by atoms with Gasteiger partial charge in [0.25, 0.3) is 0 Å². The highest BCUT2D eigenvalue weighted by atomic mass is 15.2. The lowest BCUT2D eigenvalue weighted by atomic mass is 10.2. The maximum absolute atomic E-state index is 3.89. The Labute approximate surface area is 85.1 Å². The summed E-state index contributed by atoms with van der Waals surface area (Å²) in [5.74, 6) is 0. The molecule has 1 aliphatic rings. The van der Waals surface area contributed by atoms with Crippen LogP contribution in [-0.4, -0.2) is 38.1 Å². The number of likely N-dealkylation sites (N-methyl/N-ethyl adjacent to an activating group) is 1. The van der Waals surface area contributed by atoms with Crippen molar-refractivity contribution in [2.24, 2.45) is 0 Å². The summed E-state index contributed by atoms with van der Waals surface area (Å²) in [5, 5.41) is 0. The molecule has 3 N–H and O–H groups in total. The highest BCUT2D eigenvalue weighted by molar-refractivity contribution is 5.50. The van der Waals surface area contributed by atoms with E-state index in [0.717, 1.165) is 31.9 Å². The fourth-order valence-corrected chi connectivity index (χ4v) is 1.77. The van der Waals surface area contributed by atoms with Gasteiger partial charge < -0.3 is 15.5 Å². The van der Waals surface area contributed by atoms with Gasteiger partial charge in [0.05, 0.1) is 0 Å². The van der Waals surface area contributed by atoms with Gasteiger partial charge in [-0.2, -0.15) is 0 Å². The van der Waals surface area contributed by atoms with Crippen molar-refractivity contribution in [1.82, 2.24) is 4.90 Å². The van der Waals surface area contributed by atoms with Crippen molar-refractivity contribution >= 4 is 11.4 Å². The van der Waals surface area contributed by atoms with Gasteiger partial charge in [0.2, 0.25) is 0 Å². The van der Waals surface area contributed by atoms with Crippen LogP contribution in [0.2, 0.25) is 0 Å². The SMILES string of the molecule is CN1CCN(c2ccc([NH3+])cc2)CC1. The number of rotatable bonds is 1. The molecule has 1 saturated heterocycles. The molecule has 76 valence electrons. The Balaban J connectivity index is 2.05. The molecule has 1 aromatic rings. The molecule has 1 aliphatic heterocycles. The van der Waals surface area contributed by atoms with Gasteiger partial charge in [0.15, 0.2) is 0 Å². The lowest BCUT2D eigenvalue weighted by Crippen LogP contribution is -2.44. The normalized spacial score (nSPS) is 18.6. The van der Waals surface area contributed by atoms with Gasteiger partial charge in [-0.25, -0.2) is 0 Å². The summed E-state index contributed by atoms with van der Waals surface area (Å²) in [6.45, 7) is 4.58. The molecule has 0 saturated carbocycles. The van der Waals surface area contributed by atoms with Crippen molar-refractivity contribution in [2.45, 2.75) is 0 Å². The Hall–Kier alpha value is -1.06. The highest BCUT2D eigenvalue weighted by Crippen LogP contribution is 2.16. The first-order valence-corrected chi connectivity index (χ1v) is 5.11. The van der Waals surface area contributed by atoms with Gasteiger partial charge in [-0.3, -0.25) is 0 Å². The average molecular weight is 192 g/mol. The lowest BCUT2D eigenvalue weighted by molar-refractivity contribution is -0.254. The first kappa shape index (κ1) is 9.49. The number of hydrogen-bond acceptors (Lipinski definition) is 2. The zero-order valence-corrected chi connectivity index (χ0v) is 8.74. The fourth-order valence-electron chi connectivity index (χ4n) is 1.77. The van der Waals surface area contributed by atoms with Crippen molar-refractivity contribution in [2.75, 3.05) is 38.1 Å². The van der Waals surface area contributed by atoms with Gasteiger partial charge in [-0.05, 0) is 19.2 Å². The third-order valence-electron chi connectivity index (χ3n) is 2.80. The average Bonchev–Trinajstić information content (AvgIpc) is 2.21. The van der Waals surface area contributed by atoms with E-state index in [1.165, 1.54) is 5.69 Å². The predicted molar refractivity (Wildman–Crippen MR) is 58.7 cm³/mol. The lowest BCUT2D eigenvalue weighted by Gasteiger charge is -2.33. The van der Waals surface area contributed by atoms with E-state index in [2.05, 4.69) is 46.8 Å². The highest BCUT2D eigenvalue weighted by Gasteiger charge is 2.13.